The van der Waals surface area contributed by atoms with Crippen LogP contribution in [-0.2, 0) is 9.53 Å². The second-order valence-electron chi connectivity index (χ2n) is 2.61. The van der Waals surface area contributed by atoms with E-state index in [4.69, 9.17) is 5.73 Å². The Morgan fingerprint density at radius 3 is 2.71 bits per heavy atom. The molecule has 6 heteroatoms. The number of alkyl halides is 2. The highest BCUT2D eigenvalue weighted by Crippen LogP contribution is 2.09. The summed E-state index contributed by atoms with van der Waals surface area (Å²) in [4.78, 5) is 11.0. The van der Waals surface area contributed by atoms with Crippen LogP contribution in [0.25, 0.3) is 0 Å². The van der Waals surface area contributed by atoms with Gasteiger partial charge in [0.2, 0.25) is 6.43 Å². The van der Waals surface area contributed by atoms with Gasteiger partial charge in [-0.3, -0.25) is 4.79 Å². The Balaban J connectivity index is 3.43. The molecule has 0 aromatic heterocycles. The molecule has 0 saturated carbocycles. The van der Waals surface area contributed by atoms with Crippen LogP contribution in [0.4, 0.5) is 8.78 Å². The summed E-state index contributed by atoms with van der Waals surface area (Å²) >= 11 is 1.09. The van der Waals surface area contributed by atoms with Gasteiger partial charge in [0.25, 0.3) is 0 Å². The third-order valence-corrected chi connectivity index (χ3v) is 2.42. The van der Waals surface area contributed by atoms with Crippen LogP contribution in [-0.4, -0.2) is 36.5 Å². The molecule has 0 saturated heterocycles. The predicted octanol–water partition coefficient (Wildman–Crippen LogP) is 1.27. The Labute approximate surface area is 86.4 Å². The number of thioether (sulfide) groups is 1. The van der Waals surface area contributed by atoms with Gasteiger partial charge in [-0.15, -0.1) is 0 Å². The molecule has 0 heterocycles. The van der Waals surface area contributed by atoms with Crippen LogP contribution >= 0.6 is 11.8 Å². The van der Waals surface area contributed by atoms with Crippen molar-refractivity contribution in [3.8, 4) is 0 Å². The summed E-state index contributed by atoms with van der Waals surface area (Å²) in [5.41, 5.74) is 5.44. The summed E-state index contributed by atoms with van der Waals surface area (Å²) in [7, 11) is 0. The zero-order valence-corrected chi connectivity index (χ0v) is 8.86. The smallest absolute Gasteiger partial charge is 0.322 e. The number of esters is 1. The molecule has 2 N–H and O–H groups in total. The molecule has 0 aliphatic carbocycles. The first kappa shape index (κ1) is 13.6. The number of hydrogen-bond donors (Lipinski definition) is 1. The Morgan fingerprint density at radius 2 is 2.21 bits per heavy atom. The molecule has 1 atom stereocenters. The zero-order chi connectivity index (χ0) is 11.0. The summed E-state index contributed by atoms with van der Waals surface area (Å²) in [6.07, 6.45) is -1.94. The number of carbonyl (C=O) groups is 1. The van der Waals surface area contributed by atoms with Gasteiger partial charge in [-0.1, -0.05) is 0 Å². The number of carbonyl (C=O) groups excluding carboxylic acids is 1. The van der Waals surface area contributed by atoms with Crippen LogP contribution in [0.15, 0.2) is 0 Å². The lowest BCUT2D eigenvalue weighted by Gasteiger charge is -2.09. The van der Waals surface area contributed by atoms with Gasteiger partial charge in [0.05, 0.1) is 12.4 Å². The fourth-order valence-corrected chi connectivity index (χ4v) is 1.52. The van der Waals surface area contributed by atoms with Crippen LogP contribution in [0.1, 0.15) is 13.3 Å². The number of halogens is 2. The molecule has 84 valence electrons. The highest BCUT2D eigenvalue weighted by atomic mass is 32.2. The largest absolute Gasteiger partial charge is 0.465 e. The van der Waals surface area contributed by atoms with Crippen molar-refractivity contribution in [3.05, 3.63) is 0 Å². The molecule has 0 spiro atoms. The van der Waals surface area contributed by atoms with E-state index in [1.807, 2.05) is 0 Å². The third-order valence-electron chi connectivity index (χ3n) is 1.41. The minimum absolute atomic E-state index is 0.213. The van der Waals surface area contributed by atoms with Crippen molar-refractivity contribution in [2.24, 2.45) is 5.73 Å². The van der Waals surface area contributed by atoms with Crippen molar-refractivity contribution in [3.63, 3.8) is 0 Å². The molecule has 1 unspecified atom stereocenters. The van der Waals surface area contributed by atoms with E-state index in [9.17, 15) is 13.6 Å². The fraction of sp³-hybridized carbons (Fsp3) is 0.875. The Kier molecular flexibility index (Phi) is 7.78. The summed E-state index contributed by atoms with van der Waals surface area (Å²) in [5.74, 6) is -0.231. The van der Waals surface area contributed by atoms with Crippen LogP contribution < -0.4 is 5.73 Å². The van der Waals surface area contributed by atoms with Gasteiger partial charge in [0.15, 0.2) is 0 Å². The van der Waals surface area contributed by atoms with E-state index < -0.39 is 18.4 Å². The average molecular weight is 227 g/mol. The molecule has 0 aliphatic heterocycles. The minimum Gasteiger partial charge on any atom is -0.465 e. The maximum atomic E-state index is 11.7. The van der Waals surface area contributed by atoms with E-state index >= 15 is 0 Å². The Morgan fingerprint density at radius 1 is 1.57 bits per heavy atom. The Bertz CT molecular complexity index is 169. The highest BCUT2D eigenvalue weighted by Gasteiger charge is 2.14. The van der Waals surface area contributed by atoms with Crippen LogP contribution in [0.2, 0.25) is 0 Å². The van der Waals surface area contributed by atoms with Crippen LogP contribution in [0.3, 0.4) is 0 Å². The first-order chi connectivity index (χ1) is 6.57. The molecule has 14 heavy (non-hydrogen) atoms. The van der Waals surface area contributed by atoms with Gasteiger partial charge >= 0.3 is 5.97 Å². The van der Waals surface area contributed by atoms with E-state index in [-0.39, 0.29) is 12.4 Å². The summed E-state index contributed by atoms with van der Waals surface area (Å²) in [5, 5.41) is 0. The summed E-state index contributed by atoms with van der Waals surface area (Å²) in [6.45, 7) is 1.98. The molecular formula is C8H15F2NO2S. The lowest BCUT2D eigenvalue weighted by atomic mass is 10.2. The van der Waals surface area contributed by atoms with Gasteiger partial charge < -0.3 is 10.5 Å². The Hall–Kier alpha value is -0.360. The predicted molar refractivity (Wildman–Crippen MR) is 52.6 cm³/mol. The quantitative estimate of drug-likeness (QED) is 0.525. The standard InChI is InChI=1S/C8H15F2NO2S/c1-2-13-8(12)6(11)3-4-14-5-7(9)10/h6-7H,2-5,11H2,1H3. The molecular weight excluding hydrogens is 212 g/mol. The topological polar surface area (TPSA) is 52.3 Å². The van der Waals surface area contributed by atoms with Crippen molar-refractivity contribution in [2.45, 2.75) is 25.8 Å². The second kappa shape index (κ2) is 7.99. The number of hydrogen-bond acceptors (Lipinski definition) is 4. The summed E-state index contributed by atoms with van der Waals surface area (Å²) in [6, 6.07) is -0.694. The van der Waals surface area contributed by atoms with Crippen molar-refractivity contribution in [1.82, 2.24) is 0 Å². The number of ether oxygens (including phenoxy) is 1. The highest BCUT2D eigenvalue weighted by molar-refractivity contribution is 7.99. The van der Waals surface area contributed by atoms with Crippen molar-refractivity contribution < 1.29 is 18.3 Å². The second-order valence-corrected chi connectivity index (χ2v) is 3.76. The molecule has 0 rings (SSSR count). The molecule has 0 radical (unpaired) electrons. The molecule has 0 fully saturated rings. The maximum absolute atomic E-state index is 11.7. The fourth-order valence-electron chi connectivity index (χ4n) is 0.750. The van der Waals surface area contributed by atoms with Crippen LogP contribution in [0.5, 0.6) is 0 Å². The monoisotopic (exact) mass is 227 g/mol. The normalized spacial score (nSPS) is 12.9. The van der Waals surface area contributed by atoms with Crippen molar-refractivity contribution in [2.75, 3.05) is 18.1 Å². The van der Waals surface area contributed by atoms with Gasteiger partial charge in [0.1, 0.15) is 6.04 Å². The van der Waals surface area contributed by atoms with E-state index in [1.165, 1.54) is 0 Å². The van der Waals surface area contributed by atoms with E-state index in [0.717, 1.165) is 11.8 Å². The van der Waals surface area contributed by atoms with E-state index in [2.05, 4.69) is 4.74 Å². The SMILES string of the molecule is CCOC(=O)C(N)CCSCC(F)F. The molecule has 0 amide bonds. The lowest BCUT2D eigenvalue weighted by Crippen LogP contribution is -2.32. The van der Waals surface area contributed by atoms with Crippen LogP contribution in [0, 0.1) is 0 Å². The third kappa shape index (κ3) is 7.08. The van der Waals surface area contributed by atoms with Gasteiger partial charge in [0, 0.05) is 0 Å². The lowest BCUT2D eigenvalue weighted by molar-refractivity contribution is -0.144. The number of rotatable bonds is 7. The molecule has 0 aromatic rings. The van der Waals surface area contributed by atoms with Crippen molar-refractivity contribution in [1.29, 1.82) is 0 Å². The van der Waals surface area contributed by atoms with Gasteiger partial charge in [-0.05, 0) is 19.1 Å². The first-order valence-corrected chi connectivity index (χ1v) is 5.51. The van der Waals surface area contributed by atoms with Gasteiger partial charge in [-0.25, -0.2) is 8.78 Å². The summed E-state index contributed by atoms with van der Waals surface area (Å²) < 4.78 is 28.1. The molecule has 3 nitrogen and oxygen atoms in total. The molecule has 0 bridgehead atoms. The van der Waals surface area contributed by atoms with E-state index in [1.54, 1.807) is 6.92 Å². The van der Waals surface area contributed by atoms with Gasteiger partial charge in [-0.2, -0.15) is 11.8 Å². The molecule has 0 aliphatic rings. The number of nitrogens with two attached hydrogens (primary N) is 1. The maximum Gasteiger partial charge on any atom is 0.322 e. The van der Waals surface area contributed by atoms with E-state index in [0.29, 0.717) is 12.2 Å². The minimum atomic E-state index is -2.31. The first-order valence-electron chi connectivity index (χ1n) is 4.36. The van der Waals surface area contributed by atoms with Crippen molar-refractivity contribution >= 4 is 17.7 Å². The zero-order valence-electron chi connectivity index (χ0n) is 8.04. The average Bonchev–Trinajstić information content (AvgIpc) is 2.12. The molecule has 0 aromatic carbocycles.